The summed E-state index contributed by atoms with van der Waals surface area (Å²) < 4.78 is 0. The SMILES string of the molecule is CNc1c(C=N)nc(NCc2cccc(Cl)c2Cl)[nH]c1=O. The molecule has 8 heteroatoms. The molecule has 0 saturated carbocycles. The highest BCUT2D eigenvalue weighted by molar-refractivity contribution is 6.42. The Balaban J connectivity index is 2.25. The number of aromatic nitrogens is 2. The third-order valence-corrected chi connectivity index (χ3v) is 3.67. The molecule has 4 N–H and O–H groups in total. The lowest BCUT2D eigenvalue weighted by atomic mass is 10.2. The molecule has 0 unspecified atom stereocenters. The van der Waals surface area contributed by atoms with Crippen molar-refractivity contribution in [1.29, 1.82) is 5.41 Å². The van der Waals surface area contributed by atoms with Gasteiger partial charge in [-0.25, -0.2) is 4.98 Å². The zero-order valence-corrected chi connectivity index (χ0v) is 12.6. The molecule has 0 atom stereocenters. The second-order valence-corrected chi connectivity index (χ2v) is 4.92. The maximum Gasteiger partial charge on any atom is 0.276 e. The maximum absolute atomic E-state index is 11.8. The molecule has 0 spiro atoms. The Bertz CT molecular complexity index is 729. The second kappa shape index (κ2) is 6.60. The minimum absolute atomic E-state index is 0.247. The standard InChI is InChI=1S/C13H13Cl2N5O/c1-17-11-9(5-16)19-13(20-12(11)21)18-6-7-3-2-4-8(14)10(7)15/h2-5,16-17H,6H2,1H3,(H2,18,19,20,21). The summed E-state index contributed by atoms with van der Waals surface area (Å²) in [5.74, 6) is 0.258. The van der Waals surface area contributed by atoms with Crippen LogP contribution in [0.5, 0.6) is 0 Å². The van der Waals surface area contributed by atoms with E-state index in [2.05, 4.69) is 20.6 Å². The van der Waals surface area contributed by atoms with Gasteiger partial charge >= 0.3 is 0 Å². The molecule has 0 saturated heterocycles. The van der Waals surface area contributed by atoms with Crippen LogP contribution < -0.4 is 16.2 Å². The molecule has 1 heterocycles. The Kier molecular flexibility index (Phi) is 4.82. The number of nitrogens with zero attached hydrogens (tertiary/aromatic N) is 1. The Morgan fingerprint density at radius 3 is 2.86 bits per heavy atom. The molecule has 0 amide bonds. The van der Waals surface area contributed by atoms with Gasteiger partial charge in [0.2, 0.25) is 5.95 Å². The fourth-order valence-corrected chi connectivity index (χ4v) is 2.17. The first-order valence-electron chi connectivity index (χ1n) is 6.06. The van der Waals surface area contributed by atoms with Gasteiger partial charge in [0.15, 0.2) is 0 Å². The van der Waals surface area contributed by atoms with Crippen molar-refractivity contribution in [2.75, 3.05) is 17.7 Å². The van der Waals surface area contributed by atoms with Gasteiger partial charge in [-0.15, -0.1) is 0 Å². The molecular formula is C13H13Cl2N5O. The first kappa shape index (κ1) is 15.3. The van der Waals surface area contributed by atoms with Crippen LogP contribution in [0.4, 0.5) is 11.6 Å². The summed E-state index contributed by atoms with van der Waals surface area (Å²) in [6.45, 7) is 0.346. The minimum Gasteiger partial charge on any atom is -0.382 e. The summed E-state index contributed by atoms with van der Waals surface area (Å²) in [6, 6.07) is 5.30. The number of H-pyrrole nitrogens is 1. The number of halogens is 2. The first-order valence-corrected chi connectivity index (χ1v) is 6.81. The first-order chi connectivity index (χ1) is 10.1. The van der Waals surface area contributed by atoms with E-state index in [1.54, 1.807) is 19.2 Å². The molecule has 0 aliphatic rings. The fraction of sp³-hybridized carbons (Fsp3) is 0.154. The summed E-state index contributed by atoms with van der Waals surface area (Å²) in [4.78, 5) is 18.6. The molecule has 6 nitrogen and oxygen atoms in total. The highest BCUT2D eigenvalue weighted by Crippen LogP contribution is 2.25. The molecule has 1 aromatic carbocycles. The summed E-state index contributed by atoms with van der Waals surface area (Å²) in [7, 11) is 1.60. The zero-order valence-electron chi connectivity index (χ0n) is 11.1. The van der Waals surface area contributed by atoms with E-state index < -0.39 is 0 Å². The van der Waals surface area contributed by atoms with Gasteiger partial charge in [0.25, 0.3) is 5.56 Å². The highest BCUT2D eigenvalue weighted by Gasteiger charge is 2.09. The molecule has 1 aromatic heterocycles. The Hall–Kier alpha value is -2.05. The van der Waals surface area contributed by atoms with E-state index in [0.717, 1.165) is 11.8 Å². The Morgan fingerprint density at radius 1 is 1.43 bits per heavy atom. The fourth-order valence-electron chi connectivity index (χ4n) is 1.78. The van der Waals surface area contributed by atoms with Crippen molar-refractivity contribution in [2.45, 2.75) is 6.54 Å². The number of hydrogen-bond acceptors (Lipinski definition) is 5. The maximum atomic E-state index is 11.8. The van der Waals surface area contributed by atoms with Crippen LogP contribution >= 0.6 is 23.2 Å². The molecule has 2 aromatic rings. The average Bonchev–Trinajstić information content (AvgIpc) is 2.48. The number of hydrogen-bond donors (Lipinski definition) is 4. The minimum atomic E-state index is -0.356. The predicted molar refractivity (Wildman–Crippen MR) is 86.1 cm³/mol. The monoisotopic (exact) mass is 325 g/mol. The van der Waals surface area contributed by atoms with Gasteiger partial charge in [-0.2, -0.15) is 0 Å². The molecule has 2 rings (SSSR count). The Morgan fingerprint density at radius 2 is 2.19 bits per heavy atom. The van der Waals surface area contributed by atoms with E-state index in [1.165, 1.54) is 0 Å². The summed E-state index contributed by atoms with van der Waals surface area (Å²) in [6.07, 6.45) is 1.01. The van der Waals surface area contributed by atoms with Crippen molar-refractivity contribution in [3.8, 4) is 0 Å². The molecule has 21 heavy (non-hydrogen) atoms. The summed E-state index contributed by atoms with van der Waals surface area (Å²) >= 11 is 12.0. The van der Waals surface area contributed by atoms with Crippen molar-refractivity contribution in [2.24, 2.45) is 0 Å². The molecule has 0 radical (unpaired) electrons. The lowest BCUT2D eigenvalue weighted by molar-refractivity contribution is 1.03. The van der Waals surface area contributed by atoms with Gasteiger partial charge < -0.3 is 16.0 Å². The molecule has 0 fully saturated rings. The lowest BCUT2D eigenvalue weighted by Gasteiger charge is -2.10. The number of aromatic amines is 1. The van der Waals surface area contributed by atoms with Gasteiger partial charge in [0, 0.05) is 19.8 Å². The van der Waals surface area contributed by atoms with Crippen LogP contribution in [-0.2, 0) is 6.54 Å². The predicted octanol–water partition coefficient (Wildman–Crippen LogP) is 2.73. The second-order valence-electron chi connectivity index (χ2n) is 4.14. The van der Waals surface area contributed by atoms with E-state index in [4.69, 9.17) is 28.6 Å². The van der Waals surface area contributed by atoms with Crippen molar-refractivity contribution >= 4 is 41.1 Å². The van der Waals surface area contributed by atoms with Gasteiger partial charge in [0.1, 0.15) is 11.4 Å². The van der Waals surface area contributed by atoms with Crippen molar-refractivity contribution in [3.63, 3.8) is 0 Å². The van der Waals surface area contributed by atoms with Crippen LogP contribution in [0, 0.1) is 5.41 Å². The summed E-state index contributed by atoms with van der Waals surface area (Å²) in [5.41, 5.74) is 0.920. The van der Waals surface area contributed by atoms with Crippen LogP contribution in [-0.4, -0.2) is 23.2 Å². The average molecular weight is 326 g/mol. The van der Waals surface area contributed by atoms with E-state index >= 15 is 0 Å². The van der Waals surface area contributed by atoms with Crippen LogP contribution in [0.1, 0.15) is 11.3 Å². The number of benzene rings is 1. The molecule has 0 aliphatic carbocycles. The van der Waals surface area contributed by atoms with Crippen LogP contribution in [0.2, 0.25) is 10.0 Å². The van der Waals surface area contributed by atoms with Crippen molar-refractivity contribution < 1.29 is 0 Å². The van der Waals surface area contributed by atoms with Gasteiger partial charge in [-0.1, -0.05) is 35.3 Å². The van der Waals surface area contributed by atoms with Crippen LogP contribution in [0.3, 0.4) is 0 Å². The topological polar surface area (TPSA) is 93.7 Å². The molecule has 0 bridgehead atoms. The van der Waals surface area contributed by atoms with Crippen LogP contribution in [0.25, 0.3) is 0 Å². The third-order valence-electron chi connectivity index (χ3n) is 2.81. The third kappa shape index (κ3) is 3.34. The van der Waals surface area contributed by atoms with E-state index in [-0.39, 0.29) is 22.9 Å². The molecular weight excluding hydrogens is 313 g/mol. The van der Waals surface area contributed by atoms with E-state index in [9.17, 15) is 4.79 Å². The number of nitrogens with one attached hydrogen (secondary N) is 4. The number of anilines is 2. The van der Waals surface area contributed by atoms with Gasteiger partial charge in [-0.05, 0) is 11.6 Å². The number of rotatable bonds is 5. The zero-order chi connectivity index (χ0) is 15.4. The van der Waals surface area contributed by atoms with Gasteiger partial charge in [0.05, 0.1) is 10.0 Å². The normalized spacial score (nSPS) is 10.2. The van der Waals surface area contributed by atoms with Crippen LogP contribution in [0.15, 0.2) is 23.0 Å². The van der Waals surface area contributed by atoms with Crippen molar-refractivity contribution in [3.05, 3.63) is 49.9 Å². The van der Waals surface area contributed by atoms with Crippen molar-refractivity contribution in [1.82, 2.24) is 9.97 Å². The molecule has 0 aliphatic heterocycles. The Labute approximate surface area is 131 Å². The van der Waals surface area contributed by atoms with E-state index in [1.807, 2.05) is 6.07 Å². The smallest absolute Gasteiger partial charge is 0.276 e. The highest BCUT2D eigenvalue weighted by atomic mass is 35.5. The van der Waals surface area contributed by atoms with E-state index in [0.29, 0.717) is 16.6 Å². The quantitative estimate of drug-likeness (QED) is 0.636. The lowest BCUT2D eigenvalue weighted by Crippen LogP contribution is -2.19. The van der Waals surface area contributed by atoms with Gasteiger partial charge in [-0.3, -0.25) is 9.78 Å². The molecule has 110 valence electrons. The summed E-state index contributed by atoms with van der Waals surface area (Å²) in [5, 5.41) is 13.9. The largest absolute Gasteiger partial charge is 0.382 e.